The second-order valence-corrected chi connectivity index (χ2v) is 7.33. The summed E-state index contributed by atoms with van der Waals surface area (Å²) in [6, 6.07) is 18.5. The Labute approximate surface area is 152 Å². The Hall–Kier alpha value is -1.64. The number of hydrogen-bond acceptors (Lipinski definition) is 2. The fraction of sp³-hybridized carbons (Fsp3) is 0.478. The summed E-state index contributed by atoms with van der Waals surface area (Å²) in [5.41, 5.74) is 5.63. The third-order valence-corrected chi connectivity index (χ3v) is 5.38. The predicted molar refractivity (Wildman–Crippen MR) is 105 cm³/mol. The molecule has 1 fully saturated rings. The van der Waals surface area contributed by atoms with Crippen molar-refractivity contribution < 1.29 is 5.11 Å². The summed E-state index contributed by atoms with van der Waals surface area (Å²) in [7, 11) is 0. The first kappa shape index (κ1) is 18.2. The van der Waals surface area contributed by atoms with Crippen molar-refractivity contribution in [1.29, 1.82) is 0 Å². The van der Waals surface area contributed by atoms with Crippen LogP contribution in [0.4, 0.5) is 0 Å². The second kappa shape index (κ2) is 9.17. The van der Waals surface area contributed by atoms with E-state index >= 15 is 0 Å². The third-order valence-electron chi connectivity index (χ3n) is 5.38. The molecule has 0 bridgehead atoms. The zero-order chi connectivity index (χ0) is 17.5. The first-order valence-corrected chi connectivity index (χ1v) is 9.79. The quantitative estimate of drug-likeness (QED) is 0.772. The van der Waals surface area contributed by atoms with Crippen LogP contribution in [0.2, 0.25) is 0 Å². The van der Waals surface area contributed by atoms with Gasteiger partial charge >= 0.3 is 0 Å². The molecule has 2 nitrogen and oxygen atoms in total. The summed E-state index contributed by atoms with van der Waals surface area (Å²) in [5, 5.41) is 9.44. The van der Waals surface area contributed by atoms with Gasteiger partial charge in [0.25, 0.3) is 0 Å². The van der Waals surface area contributed by atoms with E-state index in [1.165, 1.54) is 41.5 Å². The van der Waals surface area contributed by atoms with Gasteiger partial charge < -0.3 is 5.11 Å². The van der Waals surface area contributed by atoms with E-state index in [0.717, 1.165) is 32.4 Å². The van der Waals surface area contributed by atoms with Crippen molar-refractivity contribution in [3.05, 3.63) is 70.8 Å². The van der Waals surface area contributed by atoms with Crippen LogP contribution in [-0.4, -0.2) is 29.2 Å². The van der Waals surface area contributed by atoms with Gasteiger partial charge in [0, 0.05) is 12.6 Å². The van der Waals surface area contributed by atoms with E-state index in [1.54, 1.807) is 0 Å². The number of hydrogen-bond donors (Lipinski definition) is 1. The van der Waals surface area contributed by atoms with Crippen LogP contribution in [0.15, 0.2) is 48.5 Å². The average Bonchev–Trinajstić information content (AvgIpc) is 3.10. The Kier molecular flexibility index (Phi) is 6.66. The summed E-state index contributed by atoms with van der Waals surface area (Å²) < 4.78 is 0. The van der Waals surface area contributed by atoms with Crippen LogP contribution in [0, 0.1) is 0 Å². The molecule has 1 N–H and O–H groups in total. The minimum absolute atomic E-state index is 0.287. The number of likely N-dealkylation sites (tertiary alicyclic amines) is 1. The lowest BCUT2D eigenvalue weighted by Crippen LogP contribution is -2.31. The smallest absolute Gasteiger partial charge is 0.0587 e. The summed E-state index contributed by atoms with van der Waals surface area (Å²) in [6.07, 6.45) is 6.92. The largest absolute Gasteiger partial charge is 0.395 e. The molecule has 0 unspecified atom stereocenters. The van der Waals surface area contributed by atoms with Crippen LogP contribution in [0.25, 0.3) is 0 Å². The van der Waals surface area contributed by atoms with Gasteiger partial charge in [-0.25, -0.2) is 0 Å². The third kappa shape index (κ3) is 5.17. The van der Waals surface area contributed by atoms with Gasteiger partial charge in [0.15, 0.2) is 0 Å². The minimum Gasteiger partial charge on any atom is -0.395 e. The second-order valence-electron chi connectivity index (χ2n) is 7.33. The lowest BCUT2D eigenvalue weighted by atomic mass is 10.0. The van der Waals surface area contributed by atoms with E-state index in [1.807, 2.05) is 0 Å². The van der Waals surface area contributed by atoms with E-state index in [9.17, 15) is 5.11 Å². The highest BCUT2D eigenvalue weighted by atomic mass is 16.3. The Morgan fingerprint density at radius 3 is 1.88 bits per heavy atom. The highest BCUT2D eigenvalue weighted by molar-refractivity contribution is 5.26. The standard InChI is InChI=1S/C23H31NO/c1-2-4-19-6-8-20(9-7-19)10-11-21-12-14-22(15-13-21)17-24-16-3-5-23(24)18-25/h6-9,12-15,23,25H,2-5,10-11,16-18H2,1H3/t23-/m1/s1. The zero-order valence-corrected chi connectivity index (χ0v) is 15.5. The average molecular weight is 338 g/mol. The zero-order valence-electron chi connectivity index (χ0n) is 15.5. The van der Waals surface area contributed by atoms with Gasteiger partial charge in [-0.3, -0.25) is 4.90 Å². The molecule has 0 spiro atoms. The molecule has 1 heterocycles. The number of aryl methyl sites for hydroxylation is 3. The molecule has 0 aromatic heterocycles. The molecule has 0 amide bonds. The molecule has 25 heavy (non-hydrogen) atoms. The van der Waals surface area contributed by atoms with E-state index in [0.29, 0.717) is 6.04 Å². The van der Waals surface area contributed by atoms with E-state index in [2.05, 4.69) is 60.4 Å². The molecule has 1 aliphatic heterocycles. The van der Waals surface area contributed by atoms with Gasteiger partial charge in [-0.2, -0.15) is 0 Å². The minimum atomic E-state index is 0.287. The summed E-state index contributed by atoms with van der Waals surface area (Å²) in [6.45, 7) is 4.59. The maximum atomic E-state index is 9.44. The van der Waals surface area contributed by atoms with Gasteiger partial charge in [-0.05, 0) is 60.9 Å². The number of aliphatic hydroxyl groups excluding tert-OH is 1. The molecular formula is C23H31NO. The van der Waals surface area contributed by atoms with Crippen LogP contribution in [0.3, 0.4) is 0 Å². The van der Waals surface area contributed by atoms with Crippen LogP contribution >= 0.6 is 0 Å². The molecule has 0 radical (unpaired) electrons. The fourth-order valence-corrected chi connectivity index (χ4v) is 3.81. The number of nitrogens with zero attached hydrogens (tertiary/aromatic N) is 1. The summed E-state index contributed by atoms with van der Waals surface area (Å²) >= 11 is 0. The molecule has 3 rings (SSSR count). The van der Waals surface area contributed by atoms with E-state index in [4.69, 9.17) is 0 Å². The fourth-order valence-electron chi connectivity index (χ4n) is 3.81. The van der Waals surface area contributed by atoms with E-state index < -0.39 is 0 Å². The van der Waals surface area contributed by atoms with E-state index in [-0.39, 0.29) is 6.61 Å². The molecule has 0 saturated carbocycles. The number of rotatable bonds is 8. The highest BCUT2D eigenvalue weighted by Crippen LogP contribution is 2.20. The molecule has 2 aromatic rings. The Morgan fingerprint density at radius 1 is 0.840 bits per heavy atom. The first-order valence-electron chi connectivity index (χ1n) is 9.79. The molecular weight excluding hydrogens is 306 g/mol. The number of aliphatic hydroxyl groups is 1. The molecule has 2 heteroatoms. The van der Waals surface area contributed by atoms with Crippen molar-refractivity contribution in [2.45, 2.75) is 58.0 Å². The summed E-state index contributed by atoms with van der Waals surface area (Å²) in [4.78, 5) is 2.41. The molecule has 1 saturated heterocycles. The van der Waals surface area contributed by atoms with Crippen molar-refractivity contribution in [1.82, 2.24) is 4.90 Å². The lowest BCUT2D eigenvalue weighted by Gasteiger charge is -2.22. The molecule has 1 atom stereocenters. The monoisotopic (exact) mass is 337 g/mol. The van der Waals surface area contributed by atoms with Crippen LogP contribution in [0.1, 0.15) is 48.4 Å². The van der Waals surface area contributed by atoms with Crippen molar-refractivity contribution in [3.8, 4) is 0 Å². The predicted octanol–water partition coefficient (Wildman–Crippen LogP) is 4.38. The van der Waals surface area contributed by atoms with Crippen LogP contribution < -0.4 is 0 Å². The maximum absolute atomic E-state index is 9.44. The topological polar surface area (TPSA) is 23.5 Å². The Morgan fingerprint density at radius 2 is 1.36 bits per heavy atom. The first-order chi connectivity index (χ1) is 12.3. The van der Waals surface area contributed by atoms with Crippen LogP contribution in [0.5, 0.6) is 0 Å². The Bertz CT molecular complexity index is 632. The normalized spacial score (nSPS) is 17.9. The van der Waals surface area contributed by atoms with Gasteiger partial charge in [-0.1, -0.05) is 61.9 Å². The molecule has 0 aliphatic carbocycles. The number of benzene rings is 2. The molecule has 134 valence electrons. The molecule has 1 aliphatic rings. The van der Waals surface area contributed by atoms with Crippen molar-refractivity contribution >= 4 is 0 Å². The van der Waals surface area contributed by atoms with Crippen molar-refractivity contribution in [2.75, 3.05) is 13.2 Å². The van der Waals surface area contributed by atoms with Gasteiger partial charge in [-0.15, -0.1) is 0 Å². The molecule has 2 aromatic carbocycles. The SMILES string of the molecule is CCCc1ccc(CCc2ccc(CN3CCC[C@@H]3CO)cc2)cc1. The van der Waals surface area contributed by atoms with Gasteiger partial charge in [0.05, 0.1) is 6.61 Å². The lowest BCUT2D eigenvalue weighted by molar-refractivity contribution is 0.153. The van der Waals surface area contributed by atoms with Crippen molar-refractivity contribution in [2.24, 2.45) is 0 Å². The van der Waals surface area contributed by atoms with Crippen molar-refractivity contribution in [3.63, 3.8) is 0 Å². The van der Waals surface area contributed by atoms with Gasteiger partial charge in [0.2, 0.25) is 0 Å². The van der Waals surface area contributed by atoms with Gasteiger partial charge in [0.1, 0.15) is 0 Å². The Balaban J connectivity index is 1.50. The highest BCUT2D eigenvalue weighted by Gasteiger charge is 2.23. The summed E-state index contributed by atoms with van der Waals surface area (Å²) in [5.74, 6) is 0. The maximum Gasteiger partial charge on any atom is 0.0587 e. The van der Waals surface area contributed by atoms with Crippen LogP contribution in [-0.2, 0) is 25.8 Å².